The van der Waals surface area contributed by atoms with Crippen LogP contribution in [-0.4, -0.2) is 72.7 Å². The van der Waals surface area contributed by atoms with Crippen LogP contribution in [0.15, 0.2) is 24.5 Å². The third-order valence-corrected chi connectivity index (χ3v) is 4.17. The predicted molar refractivity (Wildman–Crippen MR) is 81.7 cm³/mol. The van der Waals surface area contributed by atoms with E-state index < -0.39 is 0 Å². The second-order valence-electron chi connectivity index (χ2n) is 6.17. The van der Waals surface area contributed by atoms with Gasteiger partial charge in [0, 0.05) is 12.8 Å². The van der Waals surface area contributed by atoms with Crippen molar-refractivity contribution in [1.29, 1.82) is 0 Å². The van der Waals surface area contributed by atoms with Gasteiger partial charge in [-0.05, 0) is 39.1 Å². The lowest BCUT2D eigenvalue weighted by atomic mass is 10.0. The highest BCUT2D eigenvalue weighted by atomic mass is 16.5. The van der Waals surface area contributed by atoms with E-state index in [1.165, 1.54) is 0 Å². The topological polar surface area (TPSA) is 54.9 Å². The molecule has 6 nitrogen and oxygen atoms in total. The van der Waals surface area contributed by atoms with Gasteiger partial charge in [-0.3, -0.25) is 9.78 Å². The highest BCUT2D eigenvalue weighted by molar-refractivity contribution is 5.79. The minimum absolute atomic E-state index is 0.0416. The molecular formula is C16H23N3O3. The first-order valence-electron chi connectivity index (χ1n) is 7.77. The quantitative estimate of drug-likeness (QED) is 0.823. The molecule has 2 aliphatic heterocycles. The smallest absolute Gasteiger partial charge is 0.237 e. The summed E-state index contributed by atoms with van der Waals surface area (Å²) in [4.78, 5) is 20.4. The molecule has 0 aromatic carbocycles. The Morgan fingerprint density at radius 2 is 2.41 bits per heavy atom. The maximum absolute atomic E-state index is 12.5. The maximum atomic E-state index is 12.5. The molecule has 3 heterocycles. The van der Waals surface area contributed by atoms with Gasteiger partial charge in [0.05, 0.1) is 25.3 Å². The molecule has 0 N–H and O–H groups in total. The van der Waals surface area contributed by atoms with Crippen LogP contribution in [0, 0.1) is 0 Å². The summed E-state index contributed by atoms with van der Waals surface area (Å²) in [5, 5.41) is 0. The number of amides is 1. The van der Waals surface area contributed by atoms with Crippen LogP contribution in [0.1, 0.15) is 12.8 Å². The maximum Gasteiger partial charge on any atom is 0.237 e. The van der Waals surface area contributed by atoms with E-state index in [1.807, 2.05) is 36.0 Å². The number of fused-ring (bicyclic) bond motifs is 1. The van der Waals surface area contributed by atoms with Crippen molar-refractivity contribution in [2.24, 2.45) is 0 Å². The lowest BCUT2D eigenvalue weighted by molar-refractivity contribution is -0.135. The highest BCUT2D eigenvalue weighted by Crippen LogP contribution is 2.31. The zero-order chi connectivity index (χ0) is 15.5. The average Bonchev–Trinajstić information content (AvgIpc) is 2.87. The van der Waals surface area contributed by atoms with E-state index in [-0.39, 0.29) is 24.2 Å². The number of rotatable bonds is 4. The van der Waals surface area contributed by atoms with Crippen molar-refractivity contribution in [3.05, 3.63) is 24.5 Å². The summed E-state index contributed by atoms with van der Waals surface area (Å²) < 4.78 is 12.0. The average molecular weight is 305 g/mol. The molecule has 2 saturated heterocycles. The molecule has 1 aromatic heterocycles. The normalized spacial score (nSPS) is 27.8. The zero-order valence-electron chi connectivity index (χ0n) is 13.1. The minimum atomic E-state index is -0.124. The van der Waals surface area contributed by atoms with Gasteiger partial charge in [-0.2, -0.15) is 0 Å². The summed E-state index contributed by atoms with van der Waals surface area (Å²) in [5.74, 6) is 0.866. The van der Waals surface area contributed by atoms with Crippen molar-refractivity contribution in [1.82, 2.24) is 14.8 Å². The van der Waals surface area contributed by atoms with Gasteiger partial charge in [-0.15, -0.1) is 0 Å². The lowest BCUT2D eigenvalue weighted by Crippen LogP contribution is -2.46. The first kappa shape index (κ1) is 15.2. The van der Waals surface area contributed by atoms with E-state index in [0.717, 1.165) is 25.2 Å². The van der Waals surface area contributed by atoms with Crippen LogP contribution in [0.4, 0.5) is 0 Å². The molecule has 3 atom stereocenters. The van der Waals surface area contributed by atoms with E-state index in [4.69, 9.17) is 9.47 Å². The van der Waals surface area contributed by atoms with E-state index in [9.17, 15) is 4.79 Å². The monoisotopic (exact) mass is 305 g/mol. The summed E-state index contributed by atoms with van der Waals surface area (Å²) in [7, 11) is 3.82. The summed E-state index contributed by atoms with van der Waals surface area (Å²) in [6.07, 6.45) is 5.22. The SMILES string of the molecule is CN(C)CC(=O)N1C[C@@H](Oc2cccnc2)[C@@H]2OCCC[C@@H]21. The van der Waals surface area contributed by atoms with Gasteiger partial charge < -0.3 is 19.3 Å². The Morgan fingerprint density at radius 3 is 3.14 bits per heavy atom. The number of likely N-dealkylation sites (N-methyl/N-ethyl adjacent to an activating group) is 1. The minimum Gasteiger partial charge on any atom is -0.484 e. The Balaban J connectivity index is 1.73. The van der Waals surface area contributed by atoms with Crippen molar-refractivity contribution >= 4 is 5.91 Å². The Kier molecular flexibility index (Phi) is 4.59. The van der Waals surface area contributed by atoms with Crippen LogP contribution in [0.25, 0.3) is 0 Å². The number of carbonyl (C=O) groups is 1. The molecule has 2 fully saturated rings. The van der Waals surface area contributed by atoms with Crippen molar-refractivity contribution in [3.63, 3.8) is 0 Å². The fourth-order valence-electron chi connectivity index (χ4n) is 3.25. The molecule has 3 rings (SSSR count). The number of aromatic nitrogens is 1. The van der Waals surface area contributed by atoms with Crippen LogP contribution in [0.2, 0.25) is 0 Å². The summed E-state index contributed by atoms with van der Waals surface area (Å²) in [6.45, 7) is 1.74. The molecule has 1 aromatic rings. The van der Waals surface area contributed by atoms with Gasteiger partial charge >= 0.3 is 0 Å². The molecule has 0 bridgehead atoms. The first-order chi connectivity index (χ1) is 10.6. The number of hydrogen-bond acceptors (Lipinski definition) is 5. The molecule has 0 aliphatic carbocycles. The van der Waals surface area contributed by atoms with Gasteiger partial charge in [0.15, 0.2) is 0 Å². The van der Waals surface area contributed by atoms with Crippen molar-refractivity contribution in [3.8, 4) is 5.75 Å². The summed E-state index contributed by atoms with van der Waals surface area (Å²) in [5.41, 5.74) is 0. The fourth-order valence-corrected chi connectivity index (χ4v) is 3.25. The lowest BCUT2D eigenvalue weighted by Gasteiger charge is -2.32. The Hall–Kier alpha value is -1.66. The number of ether oxygens (including phenoxy) is 2. The standard InChI is InChI=1S/C16H23N3O3/c1-18(2)11-15(20)19-10-14(16-13(19)6-4-8-21-16)22-12-5-3-7-17-9-12/h3,5,7,9,13-14,16H,4,6,8,10-11H2,1-2H3/t13-,14+,16+/m0/s1. The third kappa shape index (κ3) is 3.23. The van der Waals surface area contributed by atoms with E-state index >= 15 is 0 Å². The first-order valence-corrected chi connectivity index (χ1v) is 7.77. The van der Waals surface area contributed by atoms with Crippen molar-refractivity contribution in [2.75, 3.05) is 33.8 Å². The predicted octanol–water partition coefficient (Wildman–Crippen LogP) is 0.780. The van der Waals surface area contributed by atoms with Gasteiger partial charge in [-0.1, -0.05) is 0 Å². The zero-order valence-corrected chi connectivity index (χ0v) is 13.1. The molecule has 0 spiro atoms. The number of hydrogen-bond donors (Lipinski definition) is 0. The number of nitrogens with zero attached hydrogens (tertiary/aromatic N) is 3. The Labute approximate surface area is 131 Å². The molecule has 0 unspecified atom stereocenters. The van der Waals surface area contributed by atoms with Crippen LogP contribution in [0.3, 0.4) is 0 Å². The summed E-state index contributed by atoms with van der Waals surface area (Å²) in [6, 6.07) is 3.86. The second-order valence-corrected chi connectivity index (χ2v) is 6.17. The number of pyridine rings is 1. The van der Waals surface area contributed by atoms with Gasteiger partial charge in [0.25, 0.3) is 0 Å². The van der Waals surface area contributed by atoms with E-state index in [1.54, 1.807) is 12.4 Å². The molecule has 0 radical (unpaired) electrons. The highest BCUT2D eigenvalue weighted by Gasteiger charge is 2.47. The molecular weight excluding hydrogens is 282 g/mol. The van der Waals surface area contributed by atoms with Gasteiger partial charge in [0.1, 0.15) is 18.0 Å². The van der Waals surface area contributed by atoms with Gasteiger partial charge in [-0.25, -0.2) is 0 Å². The van der Waals surface area contributed by atoms with E-state index in [2.05, 4.69) is 4.98 Å². The molecule has 22 heavy (non-hydrogen) atoms. The molecule has 120 valence electrons. The largest absolute Gasteiger partial charge is 0.484 e. The molecule has 2 aliphatic rings. The molecule has 1 amide bonds. The van der Waals surface area contributed by atoms with Crippen LogP contribution < -0.4 is 4.74 Å². The van der Waals surface area contributed by atoms with Crippen molar-refractivity contribution in [2.45, 2.75) is 31.1 Å². The van der Waals surface area contributed by atoms with Crippen LogP contribution in [0.5, 0.6) is 5.75 Å². The summed E-state index contributed by atoms with van der Waals surface area (Å²) >= 11 is 0. The van der Waals surface area contributed by atoms with Crippen LogP contribution >= 0.6 is 0 Å². The molecule has 6 heteroatoms. The van der Waals surface area contributed by atoms with E-state index in [0.29, 0.717) is 13.1 Å². The third-order valence-electron chi connectivity index (χ3n) is 4.17. The Bertz CT molecular complexity index is 509. The van der Waals surface area contributed by atoms with Crippen LogP contribution in [-0.2, 0) is 9.53 Å². The second kappa shape index (κ2) is 6.62. The number of likely N-dealkylation sites (tertiary alicyclic amines) is 1. The number of carbonyl (C=O) groups excluding carboxylic acids is 1. The van der Waals surface area contributed by atoms with Crippen molar-refractivity contribution < 1.29 is 14.3 Å². The fraction of sp³-hybridized carbons (Fsp3) is 0.625. The Morgan fingerprint density at radius 1 is 1.55 bits per heavy atom. The van der Waals surface area contributed by atoms with Gasteiger partial charge in [0.2, 0.25) is 5.91 Å². The molecule has 0 saturated carbocycles.